The second-order valence-electron chi connectivity index (χ2n) is 5.07. The van der Waals surface area contributed by atoms with Crippen LogP contribution >= 0.6 is 0 Å². The Morgan fingerprint density at radius 3 is 2.10 bits per heavy atom. The number of phenolic OH excluding ortho intramolecular Hbond substituents is 1. The predicted octanol–water partition coefficient (Wildman–Crippen LogP) is 3.69. The zero-order chi connectivity index (χ0) is 15.7. The summed E-state index contributed by atoms with van der Waals surface area (Å²) in [5, 5.41) is 10.2. The molecule has 4 heteroatoms. The van der Waals surface area contributed by atoms with Crippen molar-refractivity contribution < 1.29 is 14.1 Å². The third-order valence-corrected chi connectivity index (χ3v) is 5.39. The van der Waals surface area contributed by atoms with Gasteiger partial charge in [0.2, 0.25) is 0 Å². The van der Waals surface area contributed by atoms with Crippen molar-refractivity contribution in [3.63, 3.8) is 0 Å². The van der Waals surface area contributed by atoms with Crippen LogP contribution in [-0.2, 0) is 10.8 Å². The quantitative estimate of drug-likeness (QED) is 0.880. The molecule has 0 bridgehead atoms. The molecule has 0 spiro atoms. The molecule has 2 rings (SSSR count). The van der Waals surface area contributed by atoms with Gasteiger partial charge in [-0.2, -0.15) is 0 Å². The van der Waals surface area contributed by atoms with E-state index in [9.17, 15) is 14.1 Å². The third-order valence-electron chi connectivity index (χ3n) is 3.71. The summed E-state index contributed by atoms with van der Waals surface area (Å²) >= 11 is 0. The smallest absolute Gasteiger partial charge is 0.163 e. The summed E-state index contributed by atoms with van der Waals surface area (Å²) in [6.07, 6.45) is 0. The van der Waals surface area contributed by atoms with Crippen LogP contribution < -0.4 is 0 Å². The van der Waals surface area contributed by atoms with Crippen molar-refractivity contribution in [2.45, 2.75) is 37.5 Å². The van der Waals surface area contributed by atoms with Crippen LogP contribution in [0.2, 0.25) is 0 Å². The molecule has 21 heavy (non-hydrogen) atoms. The normalized spacial score (nSPS) is 12.2. The SMILES string of the molecule is CC(=O)c1c(C)c(S(=O)c2ccccc2)c(C)c(C)c1O. The highest BCUT2D eigenvalue weighted by molar-refractivity contribution is 7.85. The summed E-state index contributed by atoms with van der Waals surface area (Å²) in [6, 6.07) is 9.12. The van der Waals surface area contributed by atoms with Crippen molar-refractivity contribution in [2.24, 2.45) is 0 Å². The minimum Gasteiger partial charge on any atom is -0.507 e. The molecule has 0 aliphatic heterocycles. The maximum absolute atomic E-state index is 12.8. The monoisotopic (exact) mass is 302 g/mol. The van der Waals surface area contributed by atoms with Crippen molar-refractivity contribution in [3.05, 3.63) is 52.6 Å². The Hall–Kier alpha value is -1.94. The first-order valence-electron chi connectivity index (χ1n) is 6.66. The van der Waals surface area contributed by atoms with Gasteiger partial charge in [-0.1, -0.05) is 18.2 Å². The van der Waals surface area contributed by atoms with Gasteiger partial charge in [0, 0.05) is 4.90 Å². The summed E-state index contributed by atoms with van der Waals surface area (Å²) < 4.78 is 12.8. The second-order valence-corrected chi connectivity index (χ2v) is 6.48. The molecule has 1 atom stereocenters. The van der Waals surface area contributed by atoms with Crippen molar-refractivity contribution in [1.82, 2.24) is 0 Å². The van der Waals surface area contributed by atoms with Gasteiger partial charge in [0.1, 0.15) is 5.75 Å². The lowest BCUT2D eigenvalue weighted by Crippen LogP contribution is -2.07. The van der Waals surface area contributed by atoms with E-state index in [4.69, 9.17) is 0 Å². The number of carbonyl (C=O) groups is 1. The molecule has 3 nitrogen and oxygen atoms in total. The van der Waals surface area contributed by atoms with Crippen molar-refractivity contribution in [3.8, 4) is 5.75 Å². The lowest BCUT2D eigenvalue weighted by atomic mass is 9.97. The molecule has 2 aromatic carbocycles. The fourth-order valence-electron chi connectivity index (χ4n) is 2.48. The lowest BCUT2D eigenvalue weighted by molar-refractivity contribution is 0.101. The van der Waals surface area contributed by atoms with E-state index in [1.807, 2.05) is 25.1 Å². The first kappa shape index (κ1) is 15.4. The maximum atomic E-state index is 12.8. The van der Waals surface area contributed by atoms with Gasteiger partial charge < -0.3 is 5.11 Å². The Labute approximate surface area is 127 Å². The topological polar surface area (TPSA) is 54.4 Å². The highest BCUT2D eigenvalue weighted by atomic mass is 32.2. The van der Waals surface area contributed by atoms with Crippen molar-refractivity contribution >= 4 is 16.6 Å². The van der Waals surface area contributed by atoms with Gasteiger partial charge in [0.25, 0.3) is 0 Å². The van der Waals surface area contributed by atoms with Crippen LogP contribution in [0.5, 0.6) is 5.75 Å². The molecule has 0 aliphatic carbocycles. The predicted molar refractivity (Wildman–Crippen MR) is 83.4 cm³/mol. The number of benzene rings is 2. The van der Waals surface area contributed by atoms with E-state index in [0.717, 1.165) is 5.56 Å². The first-order valence-corrected chi connectivity index (χ1v) is 7.81. The number of Topliss-reactive ketones (excluding diaryl/α,β-unsaturated/α-hetero) is 1. The van der Waals surface area contributed by atoms with E-state index in [-0.39, 0.29) is 17.1 Å². The minimum atomic E-state index is -1.38. The van der Waals surface area contributed by atoms with Gasteiger partial charge >= 0.3 is 0 Å². The first-order chi connectivity index (χ1) is 9.86. The Morgan fingerprint density at radius 1 is 1.00 bits per heavy atom. The van der Waals surface area contributed by atoms with Gasteiger partial charge in [-0.05, 0) is 56.5 Å². The van der Waals surface area contributed by atoms with Crippen LogP contribution in [-0.4, -0.2) is 15.1 Å². The van der Waals surface area contributed by atoms with Crippen LogP contribution in [0.3, 0.4) is 0 Å². The van der Waals surface area contributed by atoms with Gasteiger partial charge in [-0.3, -0.25) is 4.79 Å². The highest BCUT2D eigenvalue weighted by Crippen LogP contribution is 2.35. The molecule has 0 heterocycles. The molecule has 2 aromatic rings. The van der Waals surface area contributed by atoms with Crippen molar-refractivity contribution in [2.75, 3.05) is 0 Å². The van der Waals surface area contributed by atoms with Crippen molar-refractivity contribution in [1.29, 1.82) is 0 Å². The largest absolute Gasteiger partial charge is 0.507 e. The maximum Gasteiger partial charge on any atom is 0.163 e. The van der Waals surface area contributed by atoms with E-state index in [1.165, 1.54) is 6.92 Å². The lowest BCUT2D eigenvalue weighted by Gasteiger charge is -2.17. The molecule has 0 radical (unpaired) electrons. The molecule has 1 N–H and O–H groups in total. The fourth-order valence-corrected chi connectivity index (χ4v) is 3.93. The average molecular weight is 302 g/mol. The van der Waals surface area contributed by atoms with Crippen LogP contribution in [0.15, 0.2) is 40.1 Å². The number of hydrogen-bond acceptors (Lipinski definition) is 3. The molecule has 110 valence electrons. The van der Waals surface area contributed by atoms with E-state index in [0.29, 0.717) is 20.9 Å². The van der Waals surface area contributed by atoms with E-state index < -0.39 is 10.8 Å². The van der Waals surface area contributed by atoms with Gasteiger partial charge in [-0.25, -0.2) is 4.21 Å². The van der Waals surface area contributed by atoms with E-state index in [2.05, 4.69) is 0 Å². The molecule has 0 aliphatic rings. The Balaban J connectivity index is 2.76. The molecular weight excluding hydrogens is 284 g/mol. The molecule has 0 fully saturated rings. The Kier molecular flexibility index (Phi) is 4.28. The standard InChI is InChI=1S/C17H18O3S/c1-10-11(2)17(12(3)15(13(4)18)16(10)19)21(20)14-8-6-5-7-9-14/h5-9,19H,1-4H3. The molecule has 0 amide bonds. The third kappa shape index (κ3) is 2.63. The number of carbonyl (C=O) groups excluding carboxylic acids is 1. The summed E-state index contributed by atoms with van der Waals surface area (Å²) in [6.45, 7) is 6.70. The molecule has 0 saturated heterocycles. The number of rotatable bonds is 3. The Morgan fingerprint density at radius 2 is 1.57 bits per heavy atom. The number of hydrogen-bond donors (Lipinski definition) is 1. The molecule has 0 saturated carbocycles. The van der Waals surface area contributed by atoms with E-state index >= 15 is 0 Å². The fraction of sp³-hybridized carbons (Fsp3) is 0.235. The summed E-state index contributed by atoms with van der Waals surface area (Å²) in [5.41, 5.74) is 2.21. The summed E-state index contributed by atoms with van der Waals surface area (Å²) in [7, 11) is -1.38. The van der Waals surface area contributed by atoms with E-state index in [1.54, 1.807) is 26.0 Å². The summed E-state index contributed by atoms with van der Waals surface area (Å²) in [4.78, 5) is 13.1. The number of phenols is 1. The van der Waals surface area contributed by atoms with Crippen LogP contribution in [0.1, 0.15) is 34.0 Å². The van der Waals surface area contributed by atoms with Crippen LogP contribution in [0, 0.1) is 20.8 Å². The van der Waals surface area contributed by atoms with Gasteiger partial charge in [0.15, 0.2) is 5.78 Å². The van der Waals surface area contributed by atoms with Crippen LogP contribution in [0.4, 0.5) is 0 Å². The minimum absolute atomic E-state index is 0.00804. The highest BCUT2D eigenvalue weighted by Gasteiger charge is 2.23. The average Bonchev–Trinajstić information content (AvgIpc) is 2.45. The summed E-state index contributed by atoms with van der Waals surface area (Å²) in [5.74, 6) is -0.231. The zero-order valence-electron chi connectivity index (χ0n) is 12.6. The zero-order valence-corrected chi connectivity index (χ0v) is 13.4. The Bertz CT molecular complexity index is 734. The van der Waals surface area contributed by atoms with Crippen LogP contribution in [0.25, 0.3) is 0 Å². The molecule has 0 aromatic heterocycles. The van der Waals surface area contributed by atoms with Gasteiger partial charge in [0.05, 0.1) is 21.3 Å². The number of aromatic hydroxyl groups is 1. The van der Waals surface area contributed by atoms with Gasteiger partial charge in [-0.15, -0.1) is 0 Å². The molecule has 1 unspecified atom stereocenters. The molecular formula is C17H18O3S. The number of ketones is 1. The second kappa shape index (κ2) is 5.82.